The van der Waals surface area contributed by atoms with Crippen LogP contribution < -0.4 is 24.3 Å². The number of benzene rings is 2. The highest BCUT2D eigenvalue weighted by molar-refractivity contribution is 5.70. The van der Waals surface area contributed by atoms with E-state index in [0.29, 0.717) is 6.79 Å². The van der Waals surface area contributed by atoms with Crippen molar-refractivity contribution in [3.05, 3.63) is 47.5 Å². The Bertz CT molecular complexity index is 1020. The van der Waals surface area contributed by atoms with Crippen LogP contribution in [0.3, 0.4) is 0 Å². The predicted octanol–water partition coefficient (Wildman–Crippen LogP) is 5.65. The molecule has 2 aliphatic carbocycles. The number of likely N-dealkylation sites (N-methyl/N-ethyl adjacent to an activating group) is 1. The smallest absolute Gasteiger partial charge is 0.231 e. The molecule has 6 nitrogen and oxygen atoms in total. The van der Waals surface area contributed by atoms with Crippen molar-refractivity contribution in [1.29, 1.82) is 0 Å². The van der Waals surface area contributed by atoms with Crippen LogP contribution in [0.15, 0.2) is 36.4 Å². The topological polar surface area (TPSA) is 66.0 Å². The Morgan fingerprint density at radius 1 is 0.714 bits per heavy atom. The van der Waals surface area contributed by atoms with Gasteiger partial charge in [0.05, 0.1) is 5.41 Å². The van der Waals surface area contributed by atoms with Crippen LogP contribution in [0, 0.1) is 0 Å². The van der Waals surface area contributed by atoms with E-state index in [1.807, 2.05) is 25.2 Å². The van der Waals surface area contributed by atoms with Crippen LogP contribution in [0.2, 0.25) is 0 Å². The first-order chi connectivity index (χ1) is 17.2. The molecule has 0 amide bonds. The Morgan fingerprint density at radius 3 is 1.80 bits per heavy atom. The second-order valence-electron chi connectivity index (χ2n) is 10.3. The van der Waals surface area contributed by atoms with Gasteiger partial charge in [-0.1, -0.05) is 50.7 Å². The molecule has 188 valence electrons. The molecule has 2 heterocycles. The zero-order chi connectivity index (χ0) is 24.1. The molecule has 2 aliphatic heterocycles. The summed E-state index contributed by atoms with van der Waals surface area (Å²) in [5, 5.41) is 3.37. The van der Waals surface area contributed by atoms with Gasteiger partial charge >= 0.3 is 0 Å². The van der Waals surface area contributed by atoms with Gasteiger partial charge in [-0.3, -0.25) is 0 Å². The Hall–Kier alpha value is -2.73. The van der Waals surface area contributed by atoms with Crippen molar-refractivity contribution in [2.24, 2.45) is 0 Å². The first kappa shape index (κ1) is 24.0. The van der Waals surface area contributed by atoms with Crippen LogP contribution in [-0.4, -0.2) is 33.5 Å². The van der Waals surface area contributed by atoms with Crippen molar-refractivity contribution < 1.29 is 23.7 Å². The third kappa shape index (κ3) is 4.86. The maximum absolute atomic E-state index is 11.5. The zero-order valence-corrected chi connectivity index (χ0v) is 20.8. The molecule has 0 atom stereocenters. The summed E-state index contributed by atoms with van der Waals surface area (Å²) < 4.78 is 21.6. The van der Waals surface area contributed by atoms with Gasteiger partial charge in [-0.25, -0.2) is 0 Å². The van der Waals surface area contributed by atoms with Crippen molar-refractivity contribution in [1.82, 2.24) is 5.32 Å². The summed E-state index contributed by atoms with van der Waals surface area (Å²) in [4.78, 5) is 11.5. The molecule has 6 heteroatoms. The lowest BCUT2D eigenvalue weighted by Crippen LogP contribution is -2.38. The predicted molar refractivity (Wildman–Crippen MR) is 135 cm³/mol. The second kappa shape index (κ2) is 10.5. The summed E-state index contributed by atoms with van der Waals surface area (Å²) in [6, 6.07) is 12.4. The summed E-state index contributed by atoms with van der Waals surface area (Å²) in [6.45, 7) is 1.69. The maximum atomic E-state index is 11.5. The number of rotatable bonds is 5. The molecule has 0 bridgehead atoms. The van der Waals surface area contributed by atoms with E-state index in [4.69, 9.17) is 18.9 Å². The largest absolute Gasteiger partial charge is 0.454 e. The third-order valence-electron chi connectivity index (χ3n) is 8.23. The van der Waals surface area contributed by atoms with Gasteiger partial charge < -0.3 is 29.1 Å². The number of carbonyl (C=O) groups is 1. The maximum Gasteiger partial charge on any atom is 0.231 e. The second-order valence-corrected chi connectivity index (χ2v) is 10.3. The van der Waals surface area contributed by atoms with Gasteiger partial charge in [0.15, 0.2) is 23.0 Å². The Kier molecular flexibility index (Phi) is 7.19. The molecule has 35 heavy (non-hydrogen) atoms. The molecule has 0 radical (unpaired) electrons. The molecular formula is C29H37NO5. The third-order valence-corrected chi connectivity index (χ3v) is 8.23. The fraction of sp³-hybridized carbons (Fsp3) is 0.552. The molecule has 2 saturated carbocycles. The quantitative estimate of drug-likeness (QED) is 0.559. The highest BCUT2D eigenvalue weighted by Crippen LogP contribution is 2.44. The first-order valence-corrected chi connectivity index (χ1v) is 13.1. The fourth-order valence-electron chi connectivity index (χ4n) is 6.22. The molecule has 0 aromatic heterocycles. The van der Waals surface area contributed by atoms with Gasteiger partial charge in [0, 0.05) is 12.0 Å². The summed E-state index contributed by atoms with van der Waals surface area (Å²) >= 11 is 0. The molecule has 2 fully saturated rings. The fourth-order valence-corrected chi connectivity index (χ4v) is 6.22. The number of nitrogens with one attached hydrogen (secondary N) is 1. The van der Waals surface area contributed by atoms with Gasteiger partial charge in [-0.15, -0.1) is 0 Å². The van der Waals surface area contributed by atoms with E-state index in [0.717, 1.165) is 67.1 Å². The zero-order valence-electron chi connectivity index (χ0n) is 20.8. The molecule has 0 spiro atoms. The average molecular weight is 480 g/mol. The number of ether oxygens (including phenoxy) is 4. The van der Waals surface area contributed by atoms with Crippen molar-refractivity contribution in [2.45, 2.75) is 75.0 Å². The standard InChI is InChI=1S/C15H21NO2.C14H16O3/c1-16-10-15(7-3-2-4-8-15)12-5-6-13-14(9-12)18-11-17-13;15-9-14(6-2-1-3-7-14)11-4-5-12-13(8-11)17-10-16-12/h5-6,9,16H,2-4,7-8,10-11H2,1H3;4-5,8-9H,1-3,6-7,10H2. The van der Waals surface area contributed by atoms with Crippen molar-refractivity contribution in [3.63, 3.8) is 0 Å². The molecular weight excluding hydrogens is 442 g/mol. The monoisotopic (exact) mass is 479 g/mol. The summed E-state index contributed by atoms with van der Waals surface area (Å²) in [5.41, 5.74) is 2.48. The summed E-state index contributed by atoms with van der Waals surface area (Å²) in [5.74, 6) is 3.35. The van der Waals surface area contributed by atoms with Crippen LogP contribution in [0.1, 0.15) is 75.3 Å². The van der Waals surface area contributed by atoms with Crippen LogP contribution in [-0.2, 0) is 15.6 Å². The summed E-state index contributed by atoms with van der Waals surface area (Å²) in [6.07, 6.45) is 13.1. The van der Waals surface area contributed by atoms with Crippen molar-refractivity contribution >= 4 is 6.29 Å². The lowest BCUT2D eigenvalue weighted by molar-refractivity contribution is -0.113. The summed E-state index contributed by atoms with van der Waals surface area (Å²) in [7, 11) is 2.04. The minimum Gasteiger partial charge on any atom is -0.454 e. The SMILES string of the molecule is CNCC1(c2ccc3c(c2)OCO3)CCCCC1.O=CC1(c2ccc3c(c2)OCO3)CCCCC1. The van der Waals surface area contributed by atoms with Crippen molar-refractivity contribution in [3.8, 4) is 23.0 Å². The van der Waals surface area contributed by atoms with Gasteiger partial charge in [-0.05, 0) is 68.1 Å². The lowest BCUT2D eigenvalue weighted by Gasteiger charge is -2.38. The van der Waals surface area contributed by atoms with Gasteiger partial charge in [0.1, 0.15) is 6.29 Å². The van der Waals surface area contributed by atoms with Gasteiger partial charge in [0.2, 0.25) is 13.6 Å². The van der Waals surface area contributed by atoms with E-state index in [1.165, 1.54) is 44.1 Å². The average Bonchev–Trinajstić information content (AvgIpc) is 3.59. The molecule has 6 rings (SSSR count). The highest BCUT2D eigenvalue weighted by atomic mass is 16.7. The van der Waals surface area contributed by atoms with E-state index in [9.17, 15) is 4.79 Å². The van der Waals surface area contributed by atoms with Crippen LogP contribution in [0.4, 0.5) is 0 Å². The molecule has 4 aliphatic rings. The lowest BCUT2D eigenvalue weighted by atomic mass is 9.69. The van der Waals surface area contributed by atoms with Crippen LogP contribution in [0.5, 0.6) is 23.0 Å². The minimum atomic E-state index is -0.292. The highest BCUT2D eigenvalue weighted by Gasteiger charge is 2.35. The van der Waals surface area contributed by atoms with E-state index >= 15 is 0 Å². The number of fused-ring (bicyclic) bond motifs is 2. The van der Waals surface area contributed by atoms with E-state index < -0.39 is 0 Å². The van der Waals surface area contributed by atoms with E-state index in [1.54, 1.807) is 0 Å². The molecule has 0 saturated heterocycles. The number of aldehydes is 1. The van der Waals surface area contributed by atoms with E-state index in [-0.39, 0.29) is 17.6 Å². The van der Waals surface area contributed by atoms with E-state index in [2.05, 4.69) is 23.5 Å². The van der Waals surface area contributed by atoms with Crippen molar-refractivity contribution in [2.75, 3.05) is 27.2 Å². The van der Waals surface area contributed by atoms with Gasteiger partial charge in [-0.2, -0.15) is 0 Å². The number of hydrogen-bond acceptors (Lipinski definition) is 6. The molecule has 1 N–H and O–H groups in total. The van der Waals surface area contributed by atoms with Crippen LogP contribution in [0.25, 0.3) is 0 Å². The molecule has 2 aromatic carbocycles. The van der Waals surface area contributed by atoms with Gasteiger partial charge in [0.25, 0.3) is 0 Å². The molecule has 0 unspecified atom stereocenters. The molecule has 2 aromatic rings. The Labute approximate surface area is 208 Å². The normalized spacial score (nSPS) is 21.1. The Balaban J connectivity index is 0.000000145. The Morgan fingerprint density at radius 2 is 1.23 bits per heavy atom. The number of carbonyl (C=O) groups excluding carboxylic acids is 1. The minimum absolute atomic E-state index is 0.285. The number of hydrogen-bond donors (Lipinski definition) is 1. The van der Waals surface area contributed by atoms with Crippen LogP contribution >= 0.6 is 0 Å². The first-order valence-electron chi connectivity index (χ1n) is 13.1.